The van der Waals surface area contributed by atoms with Crippen molar-refractivity contribution in [2.45, 2.75) is 45.7 Å². The van der Waals surface area contributed by atoms with E-state index in [1.165, 1.54) is 4.70 Å². The smallest absolute Gasteiger partial charge is 0.0955 e. The van der Waals surface area contributed by atoms with Crippen LogP contribution < -0.4 is 11.3 Å². The van der Waals surface area contributed by atoms with Gasteiger partial charge in [0.05, 0.1) is 15.2 Å². The number of likely N-dealkylation sites (N-methyl/N-ethyl adjacent to an activating group) is 1. The number of nitrogens with two attached hydrogens (primary N) is 1. The summed E-state index contributed by atoms with van der Waals surface area (Å²) >= 11 is 1.76. The molecule has 0 amide bonds. The van der Waals surface area contributed by atoms with Crippen molar-refractivity contribution in [2.75, 3.05) is 13.1 Å². The predicted molar refractivity (Wildman–Crippen MR) is 91.4 cm³/mol. The maximum absolute atomic E-state index is 5.85. The molecule has 0 aliphatic heterocycles. The van der Waals surface area contributed by atoms with Gasteiger partial charge in [0.25, 0.3) is 0 Å². The standard InChI is InChI=1S/C16H26N4S/c1-5-20(6-2)16(3,4)14(19-17)11-15-18-12-9-7-8-10-13(12)21-15/h7-10,14,19H,5-6,11,17H2,1-4H3. The van der Waals surface area contributed by atoms with Gasteiger partial charge in [0.2, 0.25) is 0 Å². The first-order valence-corrected chi connectivity index (χ1v) is 8.40. The summed E-state index contributed by atoms with van der Waals surface area (Å²) in [6.07, 6.45) is 0.847. The van der Waals surface area contributed by atoms with E-state index in [2.05, 4.69) is 56.2 Å². The molecule has 4 nitrogen and oxygen atoms in total. The first kappa shape index (κ1) is 16.4. The van der Waals surface area contributed by atoms with E-state index < -0.39 is 0 Å². The number of benzene rings is 1. The Hall–Kier alpha value is -1.01. The van der Waals surface area contributed by atoms with Crippen LogP contribution in [0.1, 0.15) is 32.7 Å². The van der Waals surface area contributed by atoms with Crippen LogP contribution in [0.3, 0.4) is 0 Å². The van der Waals surface area contributed by atoms with Gasteiger partial charge >= 0.3 is 0 Å². The van der Waals surface area contributed by atoms with E-state index >= 15 is 0 Å². The quantitative estimate of drug-likeness (QED) is 0.610. The van der Waals surface area contributed by atoms with Gasteiger partial charge in [-0.1, -0.05) is 26.0 Å². The molecule has 0 spiro atoms. The molecule has 0 fully saturated rings. The number of nitrogens with one attached hydrogen (secondary N) is 1. The molecule has 5 heteroatoms. The zero-order chi connectivity index (χ0) is 15.5. The van der Waals surface area contributed by atoms with Gasteiger partial charge in [0.1, 0.15) is 0 Å². The van der Waals surface area contributed by atoms with E-state index in [0.29, 0.717) is 0 Å². The van der Waals surface area contributed by atoms with Gasteiger partial charge in [-0.05, 0) is 39.1 Å². The number of nitrogens with zero attached hydrogens (tertiary/aromatic N) is 2. The van der Waals surface area contributed by atoms with Crippen molar-refractivity contribution in [1.29, 1.82) is 0 Å². The number of rotatable bonds is 7. The number of aromatic nitrogens is 1. The molecule has 2 rings (SSSR count). The molecule has 21 heavy (non-hydrogen) atoms. The van der Waals surface area contributed by atoms with Gasteiger partial charge in [0.15, 0.2) is 0 Å². The molecule has 0 saturated carbocycles. The van der Waals surface area contributed by atoms with E-state index in [-0.39, 0.29) is 11.6 Å². The third kappa shape index (κ3) is 3.43. The van der Waals surface area contributed by atoms with Crippen LogP contribution in [0.4, 0.5) is 0 Å². The third-order valence-corrected chi connectivity index (χ3v) is 5.41. The van der Waals surface area contributed by atoms with Crippen molar-refractivity contribution in [3.8, 4) is 0 Å². The van der Waals surface area contributed by atoms with Crippen molar-refractivity contribution in [3.05, 3.63) is 29.3 Å². The van der Waals surface area contributed by atoms with Crippen LogP contribution in [0.25, 0.3) is 10.2 Å². The van der Waals surface area contributed by atoms with E-state index in [9.17, 15) is 0 Å². The number of hydrogen-bond donors (Lipinski definition) is 2. The molecular formula is C16H26N4S. The lowest BCUT2D eigenvalue weighted by atomic mass is 9.90. The summed E-state index contributed by atoms with van der Waals surface area (Å²) in [6.45, 7) is 10.9. The van der Waals surface area contributed by atoms with Gasteiger partial charge in [-0.25, -0.2) is 4.98 Å². The second kappa shape index (κ2) is 6.83. The highest BCUT2D eigenvalue weighted by atomic mass is 32.1. The maximum atomic E-state index is 5.85. The Labute approximate surface area is 131 Å². The Bertz CT molecular complexity index is 541. The lowest BCUT2D eigenvalue weighted by Crippen LogP contribution is -2.60. The van der Waals surface area contributed by atoms with Gasteiger partial charge in [-0.3, -0.25) is 16.2 Å². The molecule has 0 bridgehead atoms. The largest absolute Gasteiger partial charge is 0.297 e. The highest BCUT2D eigenvalue weighted by Crippen LogP contribution is 2.26. The van der Waals surface area contributed by atoms with Gasteiger partial charge < -0.3 is 0 Å². The van der Waals surface area contributed by atoms with Crippen molar-refractivity contribution in [3.63, 3.8) is 0 Å². The first-order valence-electron chi connectivity index (χ1n) is 7.58. The van der Waals surface area contributed by atoms with Crippen LogP contribution in [0, 0.1) is 0 Å². The molecular weight excluding hydrogens is 280 g/mol. The average Bonchev–Trinajstić information content (AvgIpc) is 2.88. The summed E-state index contributed by atoms with van der Waals surface area (Å²) in [5, 5.41) is 1.14. The maximum Gasteiger partial charge on any atom is 0.0955 e. The molecule has 1 aromatic carbocycles. The first-order chi connectivity index (χ1) is 10.0. The average molecular weight is 306 g/mol. The van der Waals surface area contributed by atoms with Gasteiger partial charge in [-0.15, -0.1) is 11.3 Å². The topological polar surface area (TPSA) is 54.2 Å². The number of thiazole rings is 1. The summed E-state index contributed by atoms with van der Waals surface area (Å²) < 4.78 is 1.24. The minimum absolute atomic E-state index is 0.0178. The fourth-order valence-electron chi connectivity index (χ4n) is 2.95. The minimum Gasteiger partial charge on any atom is -0.297 e. The lowest BCUT2D eigenvalue weighted by Gasteiger charge is -2.43. The highest BCUT2D eigenvalue weighted by Gasteiger charge is 2.34. The predicted octanol–water partition coefficient (Wildman–Crippen LogP) is 2.79. The number of hydrazine groups is 1. The summed E-state index contributed by atoms with van der Waals surface area (Å²) in [6, 6.07) is 8.44. The zero-order valence-corrected chi connectivity index (χ0v) is 14.2. The molecule has 0 aliphatic carbocycles. The Kier molecular flexibility index (Phi) is 5.32. The van der Waals surface area contributed by atoms with E-state index in [0.717, 1.165) is 30.0 Å². The Morgan fingerprint density at radius 3 is 2.52 bits per heavy atom. The molecule has 1 unspecified atom stereocenters. The molecule has 1 atom stereocenters. The Morgan fingerprint density at radius 1 is 1.29 bits per heavy atom. The van der Waals surface area contributed by atoms with Crippen molar-refractivity contribution in [2.24, 2.45) is 5.84 Å². The fraction of sp³-hybridized carbons (Fsp3) is 0.562. The minimum atomic E-state index is -0.0178. The monoisotopic (exact) mass is 306 g/mol. The van der Waals surface area contributed by atoms with Gasteiger partial charge in [-0.2, -0.15) is 0 Å². The summed E-state index contributed by atoms with van der Waals surface area (Å²) in [7, 11) is 0. The SMILES string of the molecule is CCN(CC)C(C)(C)C(Cc1nc2ccccc2s1)NN. The van der Waals surface area contributed by atoms with Crippen LogP contribution in [0.15, 0.2) is 24.3 Å². The molecule has 0 saturated heterocycles. The number of para-hydroxylation sites is 1. The van der Waals surface area contributed by atoms with Crippen LogP contribution in [-0.2, 0) is 6.42 Å². The van der Waals surface area contributed by atoms with Crippen molar-refractivity contribution in [1.82, 2.24) is 15.3 Å². The van der Waals surface area contributed by atoms with Crippen molar-refractivity contribution >= 4 is 21.6 Å². The number of hydrogen-bond acceptors (Lipinski definition) is 5. The molecule has 3 N–H and O–H groups in total. The molecule has 1 heterocycles. The van der Waals surface area contributed by atoms with Crippen LogP contribution in [0.2, 0.25) is 0 Å². The van der Waals surface area contributed by atoms with E-state index in [1.54, 1.807) is 11.3 Å². The second-order valence-corrected chi connectivity index (χ2v) is 6.94. The van der Waals surface area contributed by atoms with Gasteiger partial charge in [0, 0.05) is 18.0 Å². The molecule has 0 radical (unpaired) electrons. The van der Waals surface area contributed by atoms with Crippen LogP contribution in [-0.4, -0.2) is 34.6 Å². The number of fused-ring (bicyclic) bond motifs is 1. The van der Waals surface area contributed by atoms with E-state index in [1.807, 2.05) is 6.07 Å². The highest BCUT2D eigenvalue weighted by molar-refractivity contribution is 7.18. The normalized spacial score (nSPS) is 14.0. The van der Waals surface area contributed by atoms with Crippen LogP contribution >= 0.6 is 11.3 Å². The second-order valence-electron chi connectivity index (χ2n) is 5.82. The zero-order valence-electron chi connectivity index (χ0n) is 13.4. The Balaban J connectivity index is 2.21. The summed E-state index contributed by atoms with van der Waals surface area (Å²) in [4.78, 5) is 7.16. The van der Waals surface area contributed by atoms with E-state index in [4.69, 9.17) is 10.8 Å². The molecule has 116 valence electrons. The van der Waals surface area contributed by atoms with Crippen molar-refractivity contribution < 1.29 is 0 Å². The fourth-order valence-corrected chi connectivity index (χ4v) is 3.97. The molecule has 0 aliphatic rings. The third-order valence-electron chi connectivity index (χ3n) is 4.35. The summed E-state index contributed by atoms with van der Waals surface area (Å²) in [5.41, 5.74) is 4.07. The Morgan fingerprint density at radius 2 is 1.95 bits per heavy atom. The van der Waals surface area contributed by atoms with Crippen LogP contribution in [0.5, 0.6) is 0 Å². The summed E-state index contributed by atoms with van der Waals surface area (Å²) in [5.74, 6) is 5.85. The molecule has 1 aromatic heterocycles. The molecule has 2 aromatic rings. The lowest BCUT2D eigenvalue weighted by molar-refractivity contribution is 0.0912.